The lowest BCUT2D eigenvalue weighted by Gasteiger charge is -2.15. The monoisotopic (exact) mass is 407 g/mol. The molecular formula is C16H17ClF3N3O4. The molecule has 1 amide bonds. The van der Waals surface area contributed by atoms with Crippen LogP contribution in [0.3, 0.4) is 0 Å². The Morgan fingerprint density at radius 2 is 2.00 bits per heavy atom. The van der Waals surface area contributed by atoms with Gasteiger partial charge in [0.1, 0.15) is 5.69 Å². The summed E-state index contributed by atoms with van der Waals surface area (Å²) in [6, 6.07) is 4.34. The van der Waals surface area contributed by atoms with E-state index < -0.39 is 17.6 Å². The number of rotatable bonds is 7. The second-order valence-corrected chi connectivity index (χ2v) is 5.77. The number of alkyl halides is 3. The summed E-state index contributed by atoms with van der Waals surface area (Å²) < 4.78 is 49.6. The second-order valence-electron chi connectivity index (χ2n) is 5.37. The number of carbonyl (C=O) groups excluding carboxylic acids is 1. The molecule has 0 saturated carbocycles. The molecule has 7 nitrogen and oxygen atoms in total. The molecule has 0 spiro atoms. The fourth-order valence-electron chi connectivity index (χ4n) is 2.13. The second kappa shape index (κ2) is 8.59. The fraction of sp³-hybridized carbons (Fsp3) is 0.375. The third-order valence-electron chi connectivity index (χ3n) is 3.56. The Morgan fingerprint density at radius 3 is 2.56 bits per heavy atom. The van der Waals surface area contributed by atoms with Crippen LogP contribution >= 0.6 is 11.6 Å². The first-order chi connectivity index (χ1) is 12.7. The van der Waals surface area contributed by atoms with Crippen molar-refractivity contribution >= 4 is 17.5 Å². The Kier molecular flexibility index (Phi) is 6.68. The average molecular weight is 408 g/mol. The van der Waals surface area contributed by atoms with Gasteiger partial charge in [0, 0.05) is 25.2 Å². The van der Waals surface area contributed by atoms with Gasteiger partial charge in [-0.3, -0.25) is 14.3 Å². The van der Waals surface area contributed by atoms with Crippen LogP contribution in [0.5, 0.6) is 5.88 Å². The van der Waals surface area contributed by atoms with Gasteiger partial charge in [-0.15, -0.1) is 5.10 Å². The Labute approximate surface area is 158 Å². The molecule has 0 N–H and O–H groups in total. The first-order valence-corrected chi connectivity index (χ1v) is 7.92. The molecule has 2 aromatic rings. The van der Waals surface area contributed by atoms with Crippen molar-refractivity contribution in [3.63, 3.8) is 0 Å². The largest absolute Gasteiger partial charge is 0.449 e. The summed E-state index contributed by atoms with van der Waals surface area (Å²) in [6.45, 7) is -0.141. The molecular weight excluding hydrogens is 391 g/mol. The van der Waals surface area contributed by atoms with Gasteiger partial charge in [-0.1, -0.05) is 17.7 Å². The maximum absolute atomic E-state index is 12.8. The van der Waals surface area contributed by atoms with Gasteiger partial charge in [0.15, 0.2) is 6.79 Å². The Balaban J connectivity index is 2.36. The molecule has 1 aromatic heterocycles. The third kappa shape index (κ3) is 5.12. The van der Waals surface area contributed by atoms with Crippen molar-refractivity contribution in [1.82, 2.24) is 14.8 Å². The first-order valence-electron chi connectivity index (χ1n) is 7.54. The number of carbonyl (C=O) groups is 1. The standard InChI is InChI=1S/C16H17ClF3N3O4/c1-22(26-3)15(24)13-7-14(27-9-25-2)21-23(13)8-10-4-5-11(6-12(10)17)16(18,19)20/h4-7H,8-9H2,1-3H3. The van der Waals surface area contributed by atoms with Gasteiger partial charge in [-0.05, 0) is 17.7 Å². The molecule has 1 heterocycles. The Morgan fingerprint density at radius 1 is 1.30 bits per heavy atom. The van der Waals surface area contributed by atoms with Crippen molar-refractivity contribution in [1.29, 1.82) is 0 Å². The molecule has 2 rings (SSSR count). The van der Waals surface area contributed by atoms with Crippen molar-refractivity contribution in [3.05, 3.63) is 46.1 Å². The Hall–Kier alpha value is -2.30. The van der Waals surface area contributed by atoms with Crippen LogP contribution in [0.4, 0.5) is 13.2 Å². The van der Waals surface area contributed by atoms with E-state index in [0.717, 1.165) is 17.2 Å². The summed E-state index contributed by atoms with van der Waals surface area (Å²) >= 11 is 5.99. The number of ether oxygens (including phenoxy) is 2. The van der Waals surface area contributed by atoms with Gasteiger partial charge in [-0.2, -0.15) is 13.2 Å². The highest BCUT2D eigenvalue weighted by molar-refractivity contribution is 6.31. The van der Waals surface area contributed by atoms with E-state index in [1.807, 2.05) is 0 Å². The minimum absolute atomic E-state index is 0.0497. The summed E-state index contributed by atoms with van der Waals surface area (Å²) in [6.07, 6.45) is -4.50. The lowest BCUT2D eigenvalue weighted by Crippen LogP contribution is -2.28. The summed E-state index contributed by atoms with van der Waals surface area (Å²) in [5.74, 6) is -0.423. The van der Waals surface area contributed by atoms with Crippen LogP contribution in [0.1, 0.15) is 21.6 Å². The number of hydroxylamine groups is 2. The van der Waals surface area contributed by atoms with Crippen LogP contribution in [0.2, 0.25) is 5.02 Å². The molecule has 11 heteroatoms. The average Bonchev–Trinajstić information content (AvgIpc) is 3.02. The lowest BCUT2D eigenvalue weighted by molar-refractivity contribution is -0.137. The summed E-state index contributed by atoms with van der Waals surface area (Å²) in [5.41, 5.74) is -0.419. The maximum atomic E-state index is 12.8. The van der Waals surface area contributed by atoms with Crippen molar-refractivity contribution in [3.8, 4) is 5.88 Å². The van der Waals surface area contributed by atoms with Crippen LogP contribution < -0.4 is 4.74 Å². The molecule has 0 fully saturated rings. The number of nitrogens with zero attached hydrogens (tertiary/aromatic N) is 3. The van der Waals surface area contributed by atoms with Crippen molar-refractivity contribution < 1.29 is 32.3 Å². The molecule has 0 saturated heterocycles. The van der Waals surface area contributed by atoms with Gasteiger partial charge < -0.3 is 9.47 Å². The quantitative estimate of drug-likeness (QED) is 0.521. The lowest BCUT2D eigenvalue weighted by atomic mass is 10.1. The SMILES string of the molecule is COCOc1cc(C(=O)N(C)OC)n(Cc2ccc(C(F)(F)F)cc2Cl)n1. The molecule has 0 radical (unpaired) electrons. The summed E-state index contributed by atoms with van der Waals surface area (Å²) in [4.78, 5) is 17.3. The molecule has 0 atom stereocenters. The number of methoxy groups -OCH3 is 1. The van der Waals surface area contributed by atoms with Crippen LogP contribution in [0.25, 0.3) is 0 Å². The van der Waals surface area contributed by atoms with E-state index >= 15 is 0 Å². The van der Waals surface area contributed by atoms with Gasteiger partial charge in [-0.25, -0.2) is 5.06 Å². The predicted molar refractivity (Wildman–Crippen MR) is 89.4 cm³/mol. The van der Waals surface area contributed by atoms with Gasteiger partial charge in [0.05, 0.1) is 19.2 Å². The fourth-order valence-corrected chi connectivity index (χ4v) is 2.37. The van der Waals surface area contributed by atoms with Crippen molar-refractivity contribution in [2.24, 2.45) is 0 Å². The highest BCUT2D eigenvalue weighted by atomic mass is 35.5. The predicted octanol–water partition coefficient (Wildman–Crippen LogP) is 3.22. The minimum atomic E-state index is -4.50. The van der Waals surface area contributed by atoms with E-state index in [1.54, 1.807) is 0 Å². The van der Waals surface area contributed by atoms with Crippen LogP contribution in [-0.4, -0.2) is 48.8 Å². The van der Waals surface area contributed by atoms with E-state index in [0.29, 0.717) is 5.56 Å². The van der Waals surface area contributed by atoms with Gasteiger partial charge in [0.2, 0.25) is 5.88 Å². The number of hydrogen-bond donors (Lipinski definition) is 0. The van der Waals surface area contributed by atoms with Crippen LogP contribution in [-0.2, 0) is 22.3 Å². The molecule has 0 bridgehead atoms. The van der Waals surface area contributed by atoms with Crippen molar-refractivity contribution in [2.75, 3.05) is 28.1 Å². The Bertz CT molecular complexity index is 811. The zero-order valence-electron chi connectivity index (χ0n) is 14.7. The van der Waals surface area contributed by atoms with E-state index in [-0.39, 0.29) is 29.9 Å². The number of aromatic nitrogens is 2. The molecule has 0 unspecified atom stereocenters. The van der Waals surface area contributed by atoms with Crippen molar-refractivity contribution in [2.45, 2.75) is 12.7 Å². The molecule has 0 aliphatic rings. The number of halogens is 4. The van der Waals surface area contributed by atoms with Crippen LogP contribution in [0, 0.1) is 0 Å². The zero-order chi connectivity index (χ0) is 20.2. The van der Waals surface area contributed by atoms with E-state index in [4.69, 9.17) is 25.9 Å². The molecule has 0 aliphatic heterocycles. The summed E-state index contributed by atoms with van der Waals surface area (Å²) in [5, 5.41) is 5.00. The van der Waals surface area contributed by atoms with Gasteiger partial charge >= 0.3 is 6.18 Å². The highest BCUT2D eigenvalue weighted by Gasteiger charge is 2.31. The molecule has 148 valence electrons. The molecule has 1 aromatic carbocycles. The van der Waals surface area contributed by atoms with Gasteiger partial charge in [0.25, 0.3) is 5.91 Å². The number of benzene rings is 1. The normalized spacial score (nSPS) is 11.5. The van der Waals surface area contributed by atoms with E-state index in [2.05, 4.69) is 5.10 Å². The smallest absolute Gasteiger partial charge is 0.416 e. The van der Waals surface area contributed by atoms with E-state index in [9.17, 15) is 18.0 Å². The topological polar surface area (TPSA) is 65.8 Å². The minimum Gasteiger partial charge on any atom is -0.449 e. The zero-order valence-corrected chi connectivity index (χ0v) is 15.5. The first kappa shape index (κ1) is 21.0. The maximum Gasteiger partial charge on any atom is 0.416 e. The van der Waals surface area contributed by atoms with Crippen LogP contribution in [0.15, 0.2) is 24.3 Å². The summed E-state index contributed by atoms with van der Waals surface area (Å²) in [7, 11) is 4.14. The molecule has 0 aliphatic carbocycles. The highest BCUT2D eigenvalue weighted by Crippen LogP contribution is 2.32. The number of amides is 1. The number of hydrogen-bond acceptors (Lipinski definition) is 5. The molecule has 27 heavy (non-hydrogen) atoms. The third-order valence-corrected chi connectivity index (χ3v) is 3.91. The van der Waals surface area contributed by atoms with E-state index in [1.165, 1.54) is 38.1 Å².